The summed E-state index contributed by atoms with van der Waals surface area (Å²) in [5, 5.41) is 3.24. The lowest BCUT2D eigenvalue weighted by Crippen LogP contribution is -2.21. The molecule has 2 aromatic rings. The van der Waals surface area contributed by atoms with Gasteiger partial charge in [0, 0.05) is 30.5 Å². The average Bonchev–Trinajstić information content (AvgIpc) is 2.57. The standard InChI is InChI=1S/C18H19ClN2O3/c1-12-15(19)5-4-6-16(12)20-17(22)11-24-18(23)13-7-9-14(10-8-13)21(2)3/h4-10H,11H2,1-3H3,(H,20,22). The Bertz CT molecular complexity index is 742. The first-order valence-electron chi connectivity index (χ1n) is 7.38. The van der Waals surface area contributed by atoms with Gasteiger partial charge in [-0.15, -0.1) is 0 Å². The zero-order valence-electron chi connectivity index (χ0n) is 13.8. The molecule has 5 nitrogen and oxygen atoms in total. The van der Waals surface area contributed by atoms with Crippen molar-refractivity contribution in [1.82, 2.24) is 0 Å². The van der Waals surface area contributed by atoms with Gasteiger partial charge in [-0.25, -0.2) is 4.79 Å². The van der Waals surface area contributed by atoms with Crippen molar-refractivity contribution >= 4 is 34.9 Å². The molecule has 24 heavy (non-hydrogen) atoms. The molecule has 1 N–H and O–H groups in total. The number of ether oxygens (including phenoxy) is 1. The number of hydrogen-bond donors (Lipinski definition) is 1. The third-order valence-corrected chi connectivity index (χ3v) is 3.91. The van der Waals surface area contributed by atoms with Crippen molar-refractivity contribution in [2.75, 3.05) is 30.9 Å². The minimum absolute atomic E-state index is 0.361. The number of nitrogens with zero attached hydrogens (tertiary/aromatic N) is 1. The lowest BCUT2D eigenvalue weighted by molar-refractivity contribution is -0.119. The van der Waals surface area contributed by atoms with Crippen LogP contribution in [-0.4, -0.2) is 32.6 Å². The van der Waals surface area contributed by atoms with Crippen LogP contribution in [0.25, 0.3) is 0 Å². The summed E-state index contributed by atoms with van der Waals surface area (Å²) in [5.41, 5.74) is 2.73. The maximum atomic E-state index is 12.0. The zero-order valence-corrected chi connectivity index (χ0v) is 14.6. The van der Waals surface area contributed by atoms with Gasteiger partial charge in [0.2, 0.25) is 0 Å². The molecule has 6 heteroatoms. The SMILES string of the molecule is Cc1c(Cl)cccc1NC(=O)COC(=O)c1ccc(N(C)C)cc1. The fourth-order valence-electron chi connectivity index (χ4n) is 2.04. The van der Waals surface area contributed by atoms with Gasteiger partial charge >= 0.3 is 5.97 Å². The zero-order chi connectivity index (χ0) is 17.7. The van der Waals surface area contributed by atoms with E-state index in [1.807, 2.05) is 31.1 Å². The average molecular weight is 347 g/mol. The van der Waals surface area contributed by atoms with Crippen LogP contribution in [0.15, 0.2) is 42.5 Å². The van der Waals surface area contributed by atoms with E-state index in [2.05, 4.69) is 5.32 Å². The van der Waals surface area contributed by atoms with Crippen molar-refractivity contribution in [2.24, 2.45) is 0 Å². The van der Waals surface area contributed by atoms with Crippen LogP contribution in [0.3, 0.4) is 0 Å². The first-order chi connectivity index (χ1) is 11.4. The highest BCUT2D eigenvalue weighted by Crippen LogP contribution is 2.22. The molecule has 0 bridgehead atoms. The lowest BCUT2D eigenvalue weighted by Gasteiger charge is -2.12. The number of carbonyl (C=O) groups is 2. The normalized spacial score (nSPS) is 10.2. The Morgan fingerprint density at radius 2 is 1.79 bits per heavy atom. The summed E-state index contributed by atoms with van der Waals surface area (Å²) in [6.45, 7) is 1.44. The Kier molecular flexibility index (Phi) is 5.82. The van der Waals surface area contributed by atoms with Crippen LogP contribution in [0.5, 0.6) is 0 Å². The second-order valence-electron chi connectivity index (χ2n) is 5.48. The van der Waals surface area contributed by atoms with E-state index in [-0.39, 0.29) is 6.61 Å². The van der Waals surface area contributed by atoms with Crippen LogP contribution in [0.2, 0.25) is 5.02 Å². The minimum atomic E-state index is -0.543. The predicted molar refractivity (Wildman–Crippen MR) is 95.9 cm³/mol. The van der Waals surface area contributed by atoms with Gasteiger partial charge in [-0.05, 0) is 48.9 Å². The van der Waals surface area contributed by atoms with E-state index in [4.69, 9.17) is 16.3 Å². The molecule has 0 radical (unpaired) electrons. The van der Waals surface area contributed by atoms with Crippen molar-refractivity contribution in [2.45, 2.75) is 6.92 Å². The van der Waals surface area contributed by atoms with Crippen molar-refractivity contribution in [3.63, 3.8) is 0 Å². The van der Waals surface area contributed by atoms with Gasteiger partial charge < -0.3 is 15.0 Å². The van der Waals surface area contributed by atoms with Gasteiger partial charge in [0.05, 0.1) is 5.56 Å². The predicted octanol–water partition coefficient (Wildman–Crippen LogP) is 3.51. The molecule has 0 aliphatic rings. The largest absolute Gasteiger partial charge is 0.452 e. The number of hydrogen-bond acceptors (Lipinski definition) is 4. The van der Waals surface area contributed by atoms with E-state index in [1.165, 1.54) is 0 Å². The Balaban J connectivity index is 1.91. The topological polar surface area (TPSA) is 58.6 Å². The third kappa shape index (κ3) is 4.49. The number of carbonyl (C=O) groups excluding carboxylic acids is 2. The first-order valence-corrected chi connectivity index (χ1v) is 7.75. The Morgan fingerprint density at radius 3 is 2.42 bits per heavy atom. The number of halogens is 1. The summed E-state index contributed by atoms with van der Waals surface area (Å²) < 4.78 is 5.03. The summed E-state index contributed by atoms with van der Waals surface area (Å²) >= 11 is 6.00. The summed E-state index contributed by atoms with van der Waals surface area (Å²) in [6.07, 6.45) is 0. The smallest absolute Gasteiger partial charge is 0.338 e. The minimum Gasteiger partial charge on any atom is -0.452 e. The van der Waals surface area contributed by atoms with Gasteiger partial charge in [0.25, 0.3) is 5.91 Å². The third-order valence-electron chi connectivity index (χ3n) is 3.50. The molecular formula is C18H19ClN2O3. The van der Waals surface area contributed by atoms with E-state index < -0.39 is 11.9 Å². The van der Waals surface area contributed by atoms with E-state index in [1.54, 1.807) is 37.3 Å². The molecule has 0 aliphatic heterocycles. The Hall–Kier alpha value is -2.53. The molecule has 126 valence electrons. The maximum Gasteiger partial charge on any atom is 0.338 e. The van der Waals surface area contributed by atoms with Gasteiger partial charge in [0.1, 0.15) is 0 Å². The molecule has 0 heterocycles. The second-order valence-corrected chi connectivity index (χ2v) is 5.89. The van der Waals surface area contributed by atoms with Crippen molar-refractivity contribution in [1.29, 1.82) is 0 Å². The molecule has 2 rings (SSSR count). The summed E-state index contributed by atoms with van der Waals surface area (Å²) in [7, 11) is 3.82. The van der Waals surface area contributed by atoms with Crippen LogP contribution >= 0.6 is 11.6 Å². The van der Waals surface area contributed by atoms with Gasteiger partial charge in [-0.1, -0.05) is 17.7 Å². The lowest BCUT2D eigenvalue weighted by atomic mass is 10.2. The van der Waals surface area contributed by atoms with Crippen LogP contribution < -0.4 is 10.2 Å². The van der Waals surface area contributed by atoms with E-state index in [0.717, 1.165) is 11.3 Å². The summed E-state index contributed by atoms with van der Waals surface area (Å²) in [4.78, 5) is 25.8. The highest BCUT2D eigenvalue weighted by molar-refractivity contribution is 6.31. The molecular weight excluding hydrogens is 328 g/mol. The number of nitrogens with one attached hydrogen (secondary N) is 1. The van der Waals surface area contributed by atoms with Gasteiger partial charge in [-0.2, -0.15) is 0 Å². The molecule has 0 aromatic heterocycles. The van der Waals surface area contributed by atoms with Crippen molar-refractivity contribution < 1.29 is 14.3 Å². The number of esters is 1. The quantitative estimate of drug-likeness (QED) is 0.842. The molecule has 0 unspecified atom stereocenters. The van der Waals surface area contributed by atoms with E-state index in [9.17, 15) is 9.59 Å². The molecule has 1 amide bonds. The van der Waals surface area contributed by atoms with Crippen LogP contribution in [0.4, 0.5) is 11.4 Å². The molecule has 0 spiro atoms. The molecule has 0 saturated carbocycles. The number of rotatable bonds is 5. The fourth-order valence-corrected chi connectivity index (χ4v) is 2.21. The van der Waals surface area contributed by atoms with Crippen LogP contribution in [0.1, 0.15) is 15.9 Å². The van der Waals surface area contributed by atoms with Crippen molar-refractivity contribution in [3.05, 3.63) is 58.6 Å². The first kappa shape index (κ1) is 17.8. The fraction of sp³-hybridized carbons (Fsp3) is 0.222. The molecule has 0 saturated heterocycles. The highest BCUT2D eigenvalue weighted by atomic mass is 35.5. The van der Waals surface area contributed by atoms with Crippen molar-refractivity contribution in [3.8, 4) is 0 Å². The Morgan fingerprint density at radius 1 is 1.12 bits per heavy atom. The van der Waals surface area contributed by atoms with E-state index in [0.29, 0.717) is 16.3 Å². The highest BCUT2D eigenvalue weighted by Gasteiger charge is 2.12. The van der Waals surface area contributed by atoms with E-state index >= 15 is 0 Å². The summed E-state index contributed by atoms with van der Waals surface area (Å²) in [6, 6.07) is 12.2. The number of anilines is 2. The van der Waals surface area contributed by atoms with Gasteiger partial charge in [0.15, 0.2) is 6.61 Å². The molecule has 0 atom stereocenters. The van der Waals surface area contributed by atoms with Crippen LogP contribution in [-0.2, 0) is 9.53 Å². The summed E-state index contributed by atoms with van der Waals surface area (Å²) in [5.74, 6) is -0.961. The molecule has 0 fully saturated rings. The number of benzene rings is 2. The van der Waals surface area contributed by atoms with Crippen LogP contribution in [0, 0.1) is 6.92 Å². The number of amides is 1. The monoisotopic (exact) mass is 346 g/mol. The molecule has 2 aromatic carbocycles. The Labute approximate surface area is 146 Å². The van der Waals surface area contributed by atoms with Gasteiger partial charge in [-0.3, -0.25) is 4.79 Å². The maximum absolute atomic E-state index is 12.0. The molecule has 0 aliphatic carbocycles. The second kappa shape index (κ2) is 7.84.